The highest BCUT2D eigenvalue weighted by Gasteiger charge is 2.32. The van der Waals surface area contributed by atoms with E-state index < -0.39 is 24.3 Å². The van der Waals surface area contributed by atoms with Crippen molar-refractivity contribution < 1.29 is 71.2 Å². The van der Waals surface area contributed by atoms with E-state index in [0.29, 0.717) is 12.8 Å². The van der Waals surface area contributed by atoms with Gasteiger partial charge in [-0.1, -0.05) is 43.2 Å². The lowest BCUT2D eigenvalue weighted by atomic mass is 9.95. The Kier molecular flexibility index (Phi) is 15.6. The molecule has 2 amide bonds. The summed E-state index contributed by atoms with van der Waals surface area (Å²) in [5.41, 5.74) is 3.84. The van der Waals surface area contributed by atoms with Gasteiger partial charge in [-0.3, -0.25) is 20.1 Å². The highest BCUT2D eigenvalue weighted by molar-refractivity contribution is 5.92. The molecule has 2 aromatic rings. The predicted molar refractivity (Wildman–Crippen MR) is 158 cm³/mol. The average molecular weight is 706 g/mol. The van der Waals surface area contributed by atoms with Crippen LogP contribution in [0.4, 0.5) is 26.3 Å². The van der Waals surface area contributed by atoms with E-state index in [0.717, 1.165) is 62.3 Å². The Morgan fingerprint density at radius 1 is 0.939 bits per heavy atom. The number of unbranched alkanes of at least 4 members (excludes halogenated alkanes) is 2. The van der Waals surface area contributed by atoms with E-state index in [1.54, 1.807) is 5.48 Å². The van der Waals surface area contributed by atoms with Crippen molar-refractivity contribution in [3.8, 4) is 0 Å². The third-order valence-electron chi connectivity index (χ3n) is 7.61. The van der Waals surface area contributed by atoms with Crippen LogP contribution in [0.25, 0.3) is 16.5 Å². The highest BCUT2D eigenvalue weighted by Crippen LogP contribution is 2.20. The smallest absolute Gasteiger partial charge is 0.430 e. The number of piperidine rings is 1. The fraction of sp³-hybridized carbons (Fsp3) is 0.452. The van der Waals surface area contributed by atoms with Crippen LogP contribution in [0, 0.1) is 5.92 Å². The van der Waals surface area contributed by atoms with Crippen LogP contribution in [0.5, 0.6) is 0 Å². The van der Waals surface area contributed by atoms with Gasteiger partial charge in [-0.05, 0) is 35.7 Å². The van der Waals surface area contributed by atoms with E-state index in [1.165, 1.54) is 15.7 Å². The van der Waals surface area contributed by atoms with Gasteiger partial charge in [0.2, 0.25) is 17.6 Å². The minimum atomic E-state index is -5.19. The second kappa shape index (κ2) is 18.8. The number of carbonyl (C=O) groups excluding carboxylic acids is 4. The molecule has 2 aromatic carbocycles. The topological polar surface area (TPSA) is 192 Å². The van der Waals surface area contributed by atoms with Crippen molar-refractivity contribution in [3.05, 3.63) is 54.2 Å². The number of carbonyl (C=O) groups is 4. The molecular formula is C31H37F6N5O7. The molecule has 0 radical (unpaired) electrons. The Labute approximate surface area is 276 Å². The van der Waals surface area contributed by atoms with Crippen LogP contribution >= 0.6 is 0 Å². The molecule has 0 saturated carbocycles. The highest BCUT2D eigenvalue weighted by atomic mass is 19.4. The summed E-state index contributed by atoms with van der Waals surface area (Å²) in [6.45, 7) is 2.05. The summed E-state index contributed by atoms with van der Waals surface area (Å²) in [4.78, 5) is 48.1. The fourth-order valence-corrected chi connectivity index (χ4v) is 4.92. The van der Waals surface area contributed by atoms with Crippen molar-refractivity contribution in [1.82, 2.24) is 10.8 Å². The summed E-state index contributed by atoms with van der Waals surface area (Å²) in [6.07, 6.45) is -3.21. The number of aliphatic carboxylic acids is 2. The number of amidine groups is 1. The molecule has 12 nitrogen and oxygen atoms in total. The van der Waals surface area contributed by atoms with Gasteiger partial charge < -0.3 is 30.0 Å². The molecule has 0 spiro atoms. The standard InChI is InChI=1S/C27H35N5O3.2C2HF3O2/c1-32-15-13-20(14-16-32)27(34)30-23(9-3-2-4-10-25(33)31-35)26-28-18-24(29-26)22-12-11-19-7-5-6-8-21(19)17-22;2*3-2(4,5)1(6)7/h5-8,11-12,17-18,20,23,35H,2-4,9-10,13-16H2,1H3,(H,28,29)(H,30,34)(H,31,33);2*(H,6,7)/t23-;;/m0../s1. The van der Waals surface area contributed by atoms with Crippen LogP contribution in [-0.4, -0.2) is 73.3 Å². The van der Waals surface area contributed by atoms with Crippen molar-refractivity contribution in [2.45, 2.75) is 63.3 Å². The summed E-state index contributed by atoms with van der Waals surface area (Å²) in [5, 5.41) is 34.0. The second-order valence-electron chi connectivity index (χ2n) is 11.3. The number of nitrogens with zero attached hydrogens (tertiary/aromatic N) is 1. The Morgan fingerprint density at radius 3 is 2.06 bits per heavy atom. The Morgan fingerprint density at radius 2 is 1.51 bits per heavy atom. The van der Waals surface area contributed by atoms with Crippen LogP contribution in [0.15, 0.2) is 53.7 Å². The number of aliphatic imine (C=N–C) groups is 1. The summed E-state index contributed by atoms with van der Waals surface area (Å²) >= 11 is 0. The number of rotatable bonds is 10. The Bertz CT molecular complexity index is 1480. The summed E-state index contributed by atoms with van der Waals surface area (Å²) in [7, 11) is 2.18. The zero-order valence-electron chi connectivity index (χ0n) is 26.3. The molecule has 0 aliphatic carbocycles. The number of nitrogens with two attached hydrogens (primary N) is 1. The van der Waals surface area contributed by atoms with Crippen molar-refractivity contribution in [3.63, 3.8) is 0 Å². The molecular weight excluding hydrogens is 668 g/mol. The first-order valence-corrected chi connectivity index (χ1v) is 15.1. The third kappa shape index (κ3) is 14.2. The number of alkyl halides is 6. The third-order valence-corrected chi connectivity index (χ3v) is 7.61. The SMILES string of the molecule is C[NH+]1CCC(C(=O)N[C@@H](CCCCCC(=O)NO)C2=NC=C(c3ccc4ccccc4c3)[NH2+]2)CC1.O=C([O-])C(F)(F)F.O=C([O-])C(F)(F)F. The van der Waals surface area contributed by atoms with Crippen molar-refractivity contribution in [1.29, 1.82) is 0 Å². The number of halogens is 6. The van der Waals surface area contributed by atoms with Gasteiger partial charge >= 0.3 is 12.4 Å². The second-order valence-corrected chi connectivity index (χ2v) is 11.3. The van der Waals surface area contributed by atoms with Crippen molar-refractivity contribution in [2.24, 2.45) is 10.9 Å². The van der Waals surface area contributed by atoms with Gasteiger partial charge in [-0.25, -0.2) is 10.5 Å². The van der Waals surface area contributed by atoms with Crippen LogP contribution in [-0.2, 0) is 19.2 Å². The quantitative estimate of drug-likeness (QED) is 0.0959. The van der Waals surface area contributed by atoms with Gasteiger partial charge in [0.25, 0.3) is 0 Å². The number of amides is 2. The molecule has 18 heteroatoms. The number of fused-ring (bicyclic) bond motifs is 1. The van der Waals surface area contributed by atoms with Gasteiger partial charge in [0.15, 0.2) is 5.70 Å². The number of likely N-dealkylation sites (tertiary alicyclic amines) is 1. The molecule has 1 saturated heterocycles. The molecule has 1 fully saturated rings. The summed E-state index contributed by atoms with van der Waals surface area (Å²) in [5.74, 6) is -5.31. The molecule has 4 rings (SSSR count). The molecule has 0 unspecified atom stereocenters. The molecule has 2 aliphatic heterocycles. The van der Waals surface area contributed by atoms with Crippen LogP contribution in [0.3, 0.4) is 0 Å². The minimum Gasteiger partial charge on any atom is -0.542 e. The monoisotopic (exact) mass is 705 g/mol. The maximum absolute atomic E-state index is 13.1. The zero-order chi connectivity index (χ0) is 36.8. The molecule has 2 aliphatic rings. The van der Waals surface area contributed by atoms with Gasteiger partial charge in [-0.15, -0.1) is 0 Å². The van der Waals surface area contributed by atoms with E-state index in [1.807, 2.05) is 18.3 Å². The molecule has 0 aromatic heterocycles. The first-order chi connectivity index (χ1) is 22.9. The molecule has 0 bridgehead atoms. The van der Waals surface area contributed by atoms with Crippen molar-refractivity contribution in [2.75, 3.05) is 20.1 Å². The summed E-state index contributed by atoms with van der Waals surface area (Å²) < 4.78 is 63.1. The fourth-order valence-electron chi connectivity index (χ4n) is 4.92. The zero-order valence-corrected chi connectivity index (χ0v) is 26.3. The first kappa shape index (κ1) is 40.6. The van der Waals surface area contributed by atoms with Crippen LogP contribution < -0.4 is 31.2 Å². The molecule has 49 heavy (non-hydrogen) atoms. The normalized spacial score (nSPS) is 18.0. The Hall–Kier alpha value is -4.55. The number of hydroxylamine groups is 1. The van der Waals surface area contributed by atoms with E-state index in [4.69, 9.17) is 30.0 Å². The number of hydrogen-bond acceptors (Lipinski definition) is 8. The molecule has 1 atom stereocenters. The molecule has 270 valence electrons. The number of quaternary nitrogens is 2. The number of carboxylic acids is 2. The van der Waals surface area contributed by atoms with Gasteiger partial charge in [0.05, 0.1) is 26.3 Å². The predicted octanol–water partition coefficient (Wildman–Crippen LogP) is -0.424. The van der Waals surface area contributed by atoms with E-state index in [9.17, 15) is 35.9 Å². The molecule has 2 heterocycles. The maximum atomic E-state index is 13.1. The minimum absolute atomic E-state index is 0.0596. The van der Waals surface area contributed by atoms with Gasteiger partial charge in [0, 0.05) is 30.7 Å². The lowest BCUT2D eigenvalue weighted by Crippen LogP contribution is -3.10. The number of hydrogen-bond donors (Lipinski definition) is 5. The van der Waals surface area contributed by atoms with Crippen molar-refractivity contribution >= 4 is 46.1 Å². The lowest BCUT2D eigenvalue weighted by Gasteiger charge is -2.27. The van der Waals surface area contributed by atoms with E-state index >= 15 is 0 Å². The van der Waals surface area contributed by atoms with Crippen LogP contribution in [0.1, 0.15) is 50.5 Å². The number of carboxylic acid groups (broad SMARTS) is 2. The van der Waals surface area contributed by atoms with E-state index in [-0.39, 0.29) is 23.8 Å². The Balaban J connectivity index is 0.000000500. The van der Waals surface area contributed by atoms with Gasteiger partial charge in [0.1, 0.15) is 18.0 Å². The number of benzene rings is 2. The summed E-state index contributed by atoms with van der Waals surface area (Å²) in [6, 6.07) is 14.6. The average Bonchev–Trinajstić information content (AvgIpc) is 3.54. The van der Waals surface area contributed by atoms with Crippen LogP contribution in [0.2, 0.25) is 0 Å². The largest absolute Gasteiger partial charge is 0.542 e. The van der Waals surface area contributed by atoms with Gasteiger partial charge in [-0.2, -0.15) is 26.3 Å². The van der Waals surface area contributed by atoms with E-state index in [2.05, 4.69) is 48.0 Å². The maximum Gasteiger partial charge on any atom is 0.430 e. The lowest BCUT2D eigenvalue weighted by molar-refractivity contribution is -0.885. The first-order valence-electron chi connectivity index (χ1n) is 15.1. The number of nitrogens with one attached hydrogen (secondary N) is 3. The molecule has 6 N–H and O–H groups in total.